The SMILES string of the molecule is C=CC[C@@H](C)C[C@@H]1CC(=O)C=CN1. The third-order valence-electron chi connectivity index (χ3n) is 2.30. The van der Waals surface area contributed by atoms with Gasteiger partial charge in [0, 0.05) is 18.7 Å². The quantitative estimate of drug-likeness (QED) is 0.669. The standard InChI is InChI=1S/C11H17NO/c1-3-4-9(2)7-10-8-11(13)5-6-12-10/h3,5-6,9-10,12H,1,4,7-8H2,2H3/t9-,10-/m1/s1. The van der Waals surface area contributed by atoms with Crippen molar-refractivity contribution < 1.29 is 4.79 Å². The van der Waals surface area contributed by atoms with Crippen LogP contribution in [0, 0.1) is 5.92 Å². The number of allylic oxidation sites excluding steroid dienone is 2. The molecule has 2 heteroatoms. The number of hydrogen-bond donors (Lipinski definition) is 1. The molecular weight excluding hydrogens is 162 g/mol. The summed E-state index contributed by atoms with van der Waals surface area (Å²) in [6.45, 7) is 5.89. The summed E-state index contributed by atoms with van der Waals surface area (Å²) < 4.78 is 0. The molecule has 0 saturated carbocycles. The Hall–Kier alpha value is -1.05. The first-order valence-corrected chi connectivity index (χ1v) is 4.78. The molecule has 1 rings (SSSR count). The molecule has 13 heavy (non-hydrogen) atoms. The smallest absolute Gasteiger partial charge is 0.159 e. The lowest BCUT2D eigenvalue weighted by atomic mass is 9.94. The van der Waals surface area contributed by atoms with E-state index in [0.29, 0.717) is 18.4 Å². The lowest BCUT2D eigenvalue weighted by Crippen LogP contribution is -2.32. The van der Waals surface area contributed by atoms with Crippen molar-refractivity contribution in [2.75, 3.05) is 0 Å². The van der Waals surface area contributed by atoms with Crippen LogP contribution in [0.25, 0.3) is 0 Å². The van der Waals surface area contributed by atoms with Crippen molar-refractivity contribution in [3.05, 3.63) is 24.9 Å². The van der Waals surface area contributed by atoms with Crippen molar-refractivity contribution in [3.63, 3.8) is 0 Å². The highest BCUT2D eigenvalue weighted by Crippen LogP contribution is 2.15. The van der Waals surface area contributed by atoms with E-state index < -0.39 is 0 Å². The lowest BCUT2D eigenvalue weighted by Gasteiger charge is -2.22. The first-order chi connectivity index (χ1) is 6.22. The van der Waals surface area contributed by atoms with Crippen molar-refractivity contribution in [2.24, 2.45) is 5.92 Å². The second-order valence-electron chi connectivity index (χ2n) is 3.73. The van der Waals surface area contributed by atoms with Gasteiger partial charge in [0.2, 0.25) is 0 Å². The zero-order valence-corrected chi connectivity index (χ0v) is 8.12. The summed E-state index contributed by atoms with van der Waals surface area (Å²) in [5.74, 6) is 0.837. The summed E-state index contributed by atoms with van der Waals surface area (Å²) in [5, 5.41) is 3.20. The molecule has 1 aliphatic heterocycles. The Bertz CT molecular complexity index is 220. The molecule has 2 nitrogen and oxygen atoms in total. The third-order valence-corrected chi connectivity index (χ3v) is 2.30. The van der Waals surface area contributed by atoms with E-state index >= 15 is 0 Å². The molecule has 0 aliphatic carbocycles. The predicted octanol–water partition coefficient (Wildman–Crippen LogP) is 2.03. The second-order valence-corrected chi connectivity index (χ2v) is 3.73. The fraction of sp³-hybridized carbons (Fsp3) is 0.545. The largest absolute Gasteiger partial charge is 0.388 e. The first-order valence-electron chi connectivity index (χ1n) is 4.78. The van der Waals surface area contributed by atoms with Crippen molar-refractivity contribution >= 4 is 5.78 Å². The van der Waals surface area contributed by atoms with Gasteiger partial charge in [-0.2, -0.15) is 0 Å². The zero-order valence-electron chi connectivity index (χ0n) is 8.12. The normalized spacial score (nSPS) is 23.8. The van der Waals surface area contributed by atoms with E-state index in [1.807, 2.05) is 6.08 Å². The molecular formula is C11H17NO. The number of carbonyl (C=O) groups is 1. The fourth-order valence-corrected chi connectivity index (χ4v) is 1.66. The van der Waals surface area contributed by atoms with Gasteiger partial charge in [0.1, 0.15) is 0 Å². The van der Waals surface area contributed by atoms with Crippen LogP contribution in [0.1, 0.15) is 26.2 Å². The molecule has 0 aromatic heterocycles. The molecule has 1 aliphatic rings. The van der Waals surface area contributed by atoms with Crippen LogP contribution in [0.4, 0.5) is 0 Å². The Morgan fingerprint density at radius 1 is 1.85 bits per heavy atom. The highest BCUT2D eigenvalue weighted by atomic mass is 16.1. The Kier molecular flexibility index (Phi) is 3.74. The van der Waals surface area contributed by atoms with Gasteiger partial charge in [-0.05, 0) is 24.8 Å². The van der Waals surface area contributed by atoms with Gasteiger partial charge in [-0.1, -0.05) is 13.0 Å². The van der Waals surface area contributed by atoms with Gasteiger partial charge in [0.05, 0.1) is 0 Å². The van der Waals surface area contributed by atoms with E-state index in [-0.39, 0.29) is 5.78 Å². The molecule has 0 spiro atoms. The zero-order chi connectivity index (χ0) is 9.68. The number of carbonyl (C=O) groups excluding carboxylic acids is 1. The molecule has 0 aromatic carbocycles. The number of rotatable bonds is 4. The van der Waals surface area contributed by atoms with E-state index in [1.54, 1.807) is 12.3 Å². The van der Waals surface area contributed by atoms with Crippen molar-refractivity contribution in [1.82, 2.24) is 5.32 Å². The van der Waals surface area contributed by atoms with Crippen molar-refractivity contribution in [2.45, 2.75) is 32.2 Å². The number of nitrogens with one attached hydrogen (secondary N) is 1. The molecule has 2 atom stereocenters. The van der Waals surface area contributed by atoms with Gasteiger partial charge in [-0.3, -0.25) is 4.79 Å². The van der Waals surface area contributed by atoms with Gasteiger partial charge >= 0.3 is 0 Å². The summed E-state index contributed by atoms with van der Waals surface area (Å²) >= 11 is 0. The van der Waals surface area contributed by atoms with E-state index in [9.17, 15) is 4.79 Å². The van der Waals surface area contributed by atoms with Crippen molar-refractivity contribution in [1.29, 1.82) is 0 Å². The van der Waals surface area contributed by atoms with Crippen LogP contribution in [0.3, 0.4) is 0 Å². The van der Waals surface area contributed by atoms with Crippen LogP contribution in [0.2, 0.25) is 0 Å². The molecule has 0 saturated heterocycles. The molecule has 1 heterocycles. The molecule has 0 fully saturated rings. The predicted molar refractivity (Wildman–Crippen MR) is 54.3 cm³/mol. The van der Waals surface area contributed by atoms with Gasteiger partial charge in [-0.25, -0.2) is 0 Å². The van der Waals surface area contributed by atoms with Crippen molar-refractivity contribution in [3.8, 4) is 0 Å². The van der Waals surface area contributed by atoms with Crippen LogP contribution in [0.15, 0.2) is 24.9 Å². The molecule has 0 radical (unpaired) electrons. The highest BCUT2D eigenvalue weighted by molar-refractivity contribution is 5.90. The topological polar surface area (TPSA) is 29.1 Å². The van der Waals surface area contributed by atoms with E-state index in [4.69, 9.17) is 0 Å². The van der Waals surface area contributed by atoms with E-state index in [2.05, 4.69) is 18.8 Å². The molecule has 1 N–H and O–H groups in total. The maximum Gasteiger partial charge on any atom is 0.159 e. The minimum atomic E-state index is 0.231. The molecule has 0 amide bonds. The minimum absolute atomic E-state index is 0.231. The Balaban J connectivity index is 2.33. The van der Waals surface area contributed by atoms with Gasteiger partial charge < -0.3 is 5.32 Å². The van der Waals surface area contributed by atoms with Crippen LogP contribution in [0.5, 0.6) is 0 Å². The number of hydrogen-bond acceptors (Lipinski definition) is 2. The summed E-state index contributed by atoms with van der Waals surface area (Å²) in [5.41, 5.74) is 0. The molecule has 0 aromatic rings. The summed E-state index contributed by atoms with van der Waals surface area (Å²) in [6.07, 6.45) is 8.01. The maximum atomic E-state index is 11.1. The maximum absolute atomic E-state index is 11.1. The van der Waals surface area contributed by atoms with E-state index in [1.165, 1.54) is 0 Å². The summed E-state index contributed by atoms with van der Waals surface area (Å²) in [7, 11) is 0. The van der Waals surface area contributed by atoms with Gasteiger partial charge in [0.25, 0.3) is 0 Å². The average Bonchev–Trinajstić information content (AvgIpc) is 2.04. The Labute approximate surface area is 79.7 Å². The second kappa shape index (κ2) is 4.85. The van der Waals surface area contributed by atoms with Gasteiger partial charge in [-0.15, -0.1) is 6.58 Å². The molecule has 0 unspecified atom stereocenters. The average molecular weight is 179 g/mol. The monoisotopic (exact) mass is 179 g/mol. The summed E-state index contributed by atoms with van der Waals surface area (Å²) in [6, 6.07) is 0.326. The molecule has 0 bridgehead atoms. The fourth-order valence-electron chi connectivity index (χ4n) is 1.66. The van der Waals surface area contributed by atoms with Crippen LogP contribution in [-0.4, -0.2) is 11.8 Å². The number of ketones is 1. The van der Waals surface area contributed by atoms with Crippen LogP contribution in [-0.2, 0) is 4.79 Å². The van der Waals surface area contributed by atoms with Crippen LogP contribution >= 0.6 is 0 Å². The Morgan fingerprint density at radius 2 is 2.62 bits per heavy atom. The Morgan fingerprint density at radius 3 is 3.23 bits per heavy atom. The van der Waals surface area contributed by atoms with Crippen LogP contribution < -0.4 is 5.32 Å². The lowest BCUT2D eigenvalue weighted by molar-refractivity contribution is -0.115. The van der Waals surface area contributed by atoms with Gasteiger partial charge in [0.15, 0.2) is 5.78 Å². The van der Waals surface area contributed by atoms with E-state index in [0.717, 1.165) is 12.8 Å². The minimum Gasteiger partial charge on any atom is -0.388 e. The summed E-state index contributed by atoms with van der Waals surface area (Å²) in [4.78, 5) is 11.1. The highest BCUT2D eigenvalue weighted by Gasteiger charge is 2.16. The first kappa shape index (κ1) is 10.0. The third kappa shape index (κ3) is 3.45. The molecule has 72 valence electrons.